The summed E-state index contributed by atoms with van der Waals surface area (Å²) in [5.41, 5.74) is -1.36. The molecule has 0 heterocycles. The zero-order valence-electron chi connectivity index (χ0n) is 13.3. The van der Waals surface area contributed by atoms with E-state index in [-0.39, 0.29) is 5.69 Å². The minimum Gasteiger partial charge on any atom is -0.506 e. The summed E-state index contributed by atoms with van der Waals surface area (Å²) in [6.07, 6.45) is -6.84. The van der Waals surface area contributed by atoms with Gasteiger partial charge in [-0.15, -0.1) is 0 Å². The average Bonchev–Trinajstić information content (AvgIpc) is 2.34. The fourth-order valence-corrected chi connectivity index (χ4v) is 1.88. The normalized spacial score (nSPS) is 13.2. The van der Waals surface area contributed by atoms with Crippen LogP contribution in [0.3, 0.4) is 0 Å². The van der Waals surface area contributed by atoms with Gasteiger partial charge in [0, 0.05) is 0 Å². The Morgan fingerprint density at radius 3 is 2.25 bits per heavy atom. The smallest absolute Gasteiger partial charge is 0.412 e. The van der Waals surface area contributed by atoms with E-state index in [9.17, 15) is 27.9 Å². The molecule has 1 aromatic carbocycles. The highest BCUT2D eigenvalue weighted by molar-refractivity contribution is 5.87. The Morgan fingerprint density at radius 1 is 1.25 bits per heavy atom. The van der Waals surface area contributed by atoms with Gasteiger partial charge >= 0.3 is 18.2 Å². The fourth-order valence-electron chi connectivity index (χ4n) is 1.88. The summed E-state index contributed by atoms with van der Waals surface area (Å²) in [4.78, 5) is 22.2. The van der Waals surface area contributed by atoms with Crippen LogP contribution in [-0.4, -0.2) is 34.1 Å². The first kappa shape index (κ1) is 19.6. The monoisotopic (exact) mass is 349 g/mol. The number of carbonyl (C=O) groups is 2. The van der Waals surface area contributed by atoms with Crippen LogP contribution in [0, 0.1) is 0 Å². The SMILES string of the molecule is CC(C)(C)OC(=O)Nc1ccc(C(CC(=O)O)C(F)(F)F)cc1O. The number of amides is 1. The molecule has 0 saturated heterocycles. The molecule has 3 N–H and O–H groups in total. The molecule has 0 aliphatic rings. The summed E-state index contributed by atoms with van der Waals surface area (Å²) >= 11 is 0. The lowest BCUT2D eigenvalue weighted by Crippen LogP contribution is -2.27. The molecule has 1 unspecified atom stereocenters. The van der Waals surface area contributed by atoms with Crippen LogP contribution in [0.15, 0.2) is 18.2 Å². The van der Waals surface area contributed by atoms with Gasteiger partial charge in [0.2, 0.25) is 0 Å². The van der Waals surface area contributed by atoms with Crippen molar-refractivity contribution in [3.8, 4) is 5.75 Å². The lowest BCUT2D eigenvalue weighted by atomic mass is 9.94. The van der Waals surface area contributed by atoms with Crippen molar-refractivity contribution in [3.63, 3.8) is 0 Å². The maximum absolute atomic E-state index is 13.0. The van der Waals surface area contributed by atoms with Crippen molar-refractivity contribution in [3.05, 3.63) is 23.8 Å². The van der Waals surface area contributed by atoms with Gasteiger partial charge in [-0.05, 0) is 38.5 Å². The Hall–Kier alpha value is -2.45. The van der Waals surface area contributed by atoms with Gasteiger partial charge in [0.25, 0.3) is 0 Å². The molecule has 24 heavy (non-hydrogen) atoms. The molecule has 1 amide bonds. The van der Waals surface area contributed by atoms with Crippen LogP contribution in [0.1, 0.15) is 38.7 Å². The third-order valence-electron chi connectivity index (χ3n) is 2.83. The molecule has 0 aliphatic heterocycles. The van der Waals surface area contributed by atoms with Gasteiger partial charge in [-0.25, -0.2) is 4.79 Å². The van der Waals surface area contributed by atoms with Crippen molar-refractivity contribution >= 4 is 17.7 Å². The zero-order valence-corrected chi connectivity index (χ0v) is 13.3. The first-order chi connectivity index (χ1) is 10.8. The number of ether oxygens (including phenoxy) is 1. The van der Waals surface area contributed by atoms with Crippen molar-refractivity contribution < 1.29 is 37.7 Å². The van der Waals surface area contributed by atoms with E-state index in [4.69, 9.17) is 9.84 Å². The third-order valence-corrected chi connectivity index (χ3v) is 2.83. The van der Waals surface area contributed by atoms with E-state index in [0.29, 0.717) is 0 Å². The molecule has 0 spiro atoms. The van der Waals surface area contributed by atoms with E-state index in [1.807, 2.05) is 0 Å². The van der Waals surface area contributed by atoms with Gasteiger partial charge in [-0.2, -0.15) is 13.2 Å². The number of carboxylic acid groups (broad SMARTS) is 1. The highest BCUT2D eigenvalue weighted by Gasteiger charge is 2.42. The van der Waals surface area contributed by atoms with Crippen molar-refractivity contribution in [2.45, 2.75) is 44.9 Å². The molecule has 0 aromatic heterocycles. The Bertz CT molecular complexity index is 623. The summed E-state index contributed by atoms with van der Waals surface area (Å²) in [6, 6.07) is 2.82. The molecule has 6 nitrogen and oxygen atoms in total. The van der Waals surface area contributed by atoms with Crippen molar-refractivity contribution in [1.82, 2.24) is 0 Å². The van der Waals surface area contributed by atoms with Gasteiger partial charge in [0.05, 0.1) is 18.0 Å². The van der Waals surface area contributed by atoms with E-state index in [1.165, 1.54) is 0 Å². The number of carbonyl (C=O) groups excluding carboxylic acids is 1. The minimum atomic E-state index is -4.79. The second-order valence-electron chi connectivity index (χ2n) is 6.10. The van der Waals surface area contributed by atoms with Crippen molar-refractivity contribution in [2.75, 3.05) is 5.32 Å². The molecular weight excluding hydrogens is 331 g/mol. The Balaban J connectivity index is 3.01. The number of halogens is 3. The Morgan fingerprint density at radius 2 is 1.83 bits per heavy atom. The molecule has 0 saturated carbocycles. The van der Waals surface area contributed by atoms with E-state index < -0.39 is 47.5 Å². The molecule has 1 rings (SSSR count). The summed E-state index contributed by atoms with van der Waals surface area (Å²) < 4.78 is 43.8. The first-order valence-electron chi connectivity index (χ1n) is 6.91. The maximum Gasteiger partial charge on any atom is 0.412 e. The molecule has 1 aromatic rings. The Kier molecular flexibility index (Phi) is 5.70. The van der Waals surface area contributed by atoms with Crippen LogP contribution < -0.4 is 5.32 Å². The average molecular weight is 349 g/mol. The number of hydrogen-bond donors (Lipinski definition) is 3. The molecule has 0 fully saturated rings. The predicted molar refractivity (Wildman–Crippen MR) is 79.0 cm³/mol. The van der Waals surface area contributed by atoms with Crippen LogP contribution in [0.4, 0.5) is 23.7 Å². The summed E-state index contributed by atoms with van der Waals surface area (Å²) in [7, 11) is 0. The molecule has 9 heteroatoms. The quantitative estimate of drug-likeness (QED) is 0.718. The molecule has 134 valence electrons. The van der Waals surface area contributed by atoms with Gasteiger partial charge in [-0.3, -0.25) is 10.1 Å². The second-order valence-corrected chi connectivity index (χ2v) is 6.10. The van der Waals surface area contributed by atoms with Crippen molar-refractivity contribution in [1.29, 1.82) is 0 Å². The number of phenolic OH excluding ortho intramolecular Hbond substituents is 1. The molecule has 0 radical (unpaired) electrons. The number of benzene rings is 1. The summed E-state index contributed by atoms with van der Waals surface area (Å²) in [5, 5.41) is 20.6. The lowest BCUT2D eigenvalue weighted by molar-refractivity contribution is -0.163. The van der Waals surface area contributed by atoms with Crippen molar-refractivity contribution in [2.24, 2.45) is 0 Å². The number of rotatable bonds is 4. The number of carboxylic acids is 1. The van der Waals surface area contributed by atoms with E-state index >= 15 is 0 Å². The van der Waals surface area contributed by atoms with E-state index in [2.05, 4.69) is 5.32 Å². The van der Waals surface area contributed by atoms with Crippen LogP contribution in [-0.2, 0) is 9.53 Å². The largest absolute Gasteiger partial charge is 0.506 e. The molecule has 0 aliphatic carbocycles. The number of hydrogen-bond acceptors (Lipinski definition) is 4. The standard InChI is InChI=1S/C15H18F3NO5/c1-14(2,3)24-13(23)19-10-5-4-8(6-11(10)20)9(7-12(21)22)15(16,17)18/h4-6,9,20H,7H2,1-3H3,(H,19,23)(H,21,22). The zero-order chi connectivity index (χ0) is 18.7. The number of nitrogens with one attached hydrogen (secondary N) is 1. The summed E-state index contributed by atoms with van der Waals surface area (Å²) in [6.45, 7) is 4.86. The highest BCUT2D eigenvalue weighted by Crippen LogP contribution is 2.39. The van der Waals surface area contributed by atoms with E-state index in [1.54, 1.807) is 20.8 Å². The topological polar surface area (TPSA) is 95.9 Å². The lowest BCUT2D eigenvalue weighted by Gasteiger charge is -2.21. The number of anilines is 1. The van der Waals surface area contributed by atoms with Gasteiger partial charge in [-0.1, -0.05) is 6.07 Å². The number of alkyl halides is 3. The first-order valence-corrected chi connectivity index (χ1v) is 6.91. The number of aromatic hydroxyl groups is 1. The van der Waals surface area contributed by atoms with Crippen LogP contribution >= 0.6 is 0 Å². The van der Waals surface area contributed by atoms with Gasteiger partial charge in [0.15, 0.2) is 0 Å². The number of aliphatic carboxylic acids is 1. The van der Waals surface area contributed by atoms with Gasteiger partial charge < -0.3 is 14.9 Å². The fraction of sp³-hybridized carbons (Fsp3) is 0.467. The van der Waals surface area contributed by atoms with Crippen LogP contribution in [0.2, 0.25) is 0 Å². The second kappa shape index (κ2) is 6.98. The van der Waals surface area contributed by atoms with Gasteiger partial charge in [0.1, 0.15) is 11.4 Å². The Labute approximate surface area is 136 Å². The minimum absolute atomic E-state index is 0.149. The predicted octanol–water partition coefficient (Wildman–Crippen LogP) is 3.86. The molecular formula is C15H18F3NO5. The third kappa shape index (κ3) is 5.98. The van der Waals surface area contributed by atoms with Crippen LogP contribution in [0.25, 0.3) is 0 Å². The molecule has 1 atom stereocenters. The number of phenols is 1. The van der Waals surface area contributed by atoms with Crippen LogP contribution in [0.5, 0.6) is 5.75 Å². The van der Waals surface area contributed by atoms with E-state index in [0.717, 1.165) is 18.2 Å². The molecule has 0 bridgehead atoms. The maximum atomic E-state index is 13.0. The summed E-state index contributed by atoms with van der Waals surface area (Å²) in [5.74, 6) is -4.51. The highest BCUT2D eigenvalue weighted by atomic mass is 19.4.